The Hall–Kier alpha value is -4.93. The highest BCUT2D eigenvalue weighted by Gasteiger charge is 2.22. The molecule has 0 atom stereocenters. The normalized spacial score (nSPS) is 12.4. The Balaban J connectivity index is 1.46. The Kier molecular flexibility index (Phi) is 5.25. The Labute approximate surface area is 206 Å². The Bertz CT molecular complexity index is 1840. The van der Waals surface area contributed by atoms with Gasteiger partial charge in [0.2, 0.25) is 18.3 Å². The number of carbonyl (C=O) groups is 1. The Morgan fingerprint density at radius 2 is 1.76 bits per heavy atom. The maximum atomic E-state index is 14.1. The van der Waals surface area contributed by atoms with Gasteiger partial charge in [-0.25, -0.2) is 13.6 Å². The van der Waals surface area contributed by atoms with Crippen LogP contribution in [0.2, 0.25) is 0 Å². The number of benzene rings is 3. The molecule has 6 rings (SSSR count). The van der Waals surface area contributed by atoms with Crippen LogP contribution in [-0.4, -0.2) is 21.8 Å². The van der Waals surface area contributed by atoms with Crippen LogP contribution in [-0.2, 0) is 17.9 Å². The van der Waals surface area contributed by atoms with E-state index in [2.05, 4.69) is 5.32 Å². The van der Waals surface area contributed by atoms with E-state index < -0.39 is 35.3 Å². The third kappa shape index (κ3) is 3.90. The predicted octanol–water partition coefficient (Wildman–Crippen LogP) is 3.60. The van der Waals surface area contributed by atoms with E-state index in [-0.39, 0.29) is 30.1 Å². The maximum Gasteiger partial charge on any atom is 0.332 e. The number of rotatable bonds is 5. The number of halogens is 2. The number of hydrogen-bond acceptors (Lipinski definition) is 6. The Morgan fingerprint density at radius 3 is 2.59 bits per heavy atom. The van der Waals surface area contributed by atoms with Crippen molar-refractivity contribution in [3.63, 3.8) is 0 Å². The number of para-hydroxylation sites is 1. The van der Waals surface area contributed by atoms with Gasteiger partial charge in [0.25, 0.3) is 5.56 Å². The average Bonchev–Trinajstić information content (AvgIpc) is 3.51. The van der Waals surface area contributed by atoms with E-state index in [0.29, 0.717) is 34.1 Å². The van der Waals surface area contributed by atoms with E-state index >= 15 is 0 Å². The van der Waals surface area contributed by atoms with Crippen LogP contribution in [0.4, 0.5) is 14.5 Å². The minimum atomic E-state index is -0.965. The zero-order valence-electron chi connectivity index (χ0n) is 19.0. The van der Waals surface area contributed by atoms with Gasteiger partial charge in [0.1, 0.15) is 29.3 Å². The molecule has 5 aromatic rings. The van der Waals surface area contributed by atoms with Crippen LogP contribution >= 0.6 is 0 Å². The van der Waals surface area contributed by atoms with Gasteiger partial charge in [-0.1, -0.05) is 18.2 Å². The standard InChI is InChI=1S/C26H17F2N3O6/c27-15-6-7-18(17(28)10-15)29-22(32)12-30-23-16-3-1-2-4-19(16)37-24(23)25(33)31(26(30)34)11-14-5-8-20-21(9-14)36-13-35-20/h1-10H,11-13H2,(H,29,32). The van der Waals surface area contributed by atoms with E-state index in [1.807, 2.05) is 0 Å². The lowest BCUT2D eigenvalue weighted by Gasteiger charge is -2.13. The van der Waals surface area contributed by atoms with Crippen LogP contribution in [0.1, 0.15) is 5.56 Å². The smallest absolute Gasteiger partial charge is 0.332 e. The summed E-state index contributed by atoms with van der Waals surface area (Å²) in [7, 11) is 0. The monoisotopic (exact) mass is 505 g/mol. The van der Waals surface area contributed by atoms with Crippen LogP contribution < -0.4 is 26.0 Å². The fourth-order valence-electron chi connectivity index (χ4n) is 4.33. The quantitative estimate of drug-likeness (QED) is 0.392. The van der Waals surface area contributed by atoms with Gasteiger partial charge in [-0.05, 0) is 42.0 Å². The van der Waals surface area contributed by atoms with Gasteiger partial charge in [0.05, 0.1) is 12.2 Å². The molecule has 1 amide bonds. The maximum absolute atomic E-state index is 14.1. The molecular weight excluding hydrogens is 488 g/mol. The van der Waals surface area contributed by atoms with Crippen molar-refractivity contribution in [1.82, 2.24) is 9.13 Å². The fraction of sp³-hybridized carbons (Fsp3) is 0.115. The molecule has 0 saturated heterocycles. The summed E-state index contributed by atoms with van der Waals surface area (Å²) in [4.78, 5) is 39.9. The summed E-state index contributed by atoms with van der Waals surface area (Å²) in [5.41, 5.74) is -0.714. The van der Waals surface area contributed by atoms with Crippen molar-refractivity contribution in [3.8, 4) is 11.5 Å². The first-order valence-corrected chi connectivity index (χ1v) is 11.2. The molecule has 3 aromatic carbocycles. The third-order valence-electron chi connectivity index (χ3n) is 6.03. The minimum Gasteiger partial charge on any atom is -0.454 e. The van der Waals surface area contributed by atoms with E-state index in [4.69, 9.17) is 13.9 Å². The summed E-state index contributed by atoms with van der Waals surface area (Å²) in [6.07, 6.45) is 0. The van der Waals surface area contributed by atoms with E-state index in [0.717, 1.165) is 21.3 Å². The van der Waals surface area contributed by atoms with Gasteiger partial charge >= 0.3 is 5.69 Å². The number of hydrogen-bond donors (Lipinski definition) is 1. The van der Waals surface area contributed by atoms with Crippen molar-refractivity contribution in [1.29, 1.82) is 0 Å². The third-order valence-corrected chi connectivity index (χ3v) is 6.03. The summed E-state index contributed by atoms with van der Waals surface area (Å²) >= 11 is 0. The van der Waals surface area contributed by atoms with Gasteiger partial charge in [0.15, 0.2) is 11.5 Å². The molecule has 3 heterocycles. The van der Waals surface area contributed by atoms with Crippen molar-refractivity contribution >= 4 is 33.7 Å². The molecule has 1 aliphatic heterocycles. The minimum absolute atomic E-state index is 0.0697. The number of aromatic nitrogens is 2. The highest BCUT2D eigenvalue weighted by atomic mass is 19.1. The summed E-state index contributed by atoms with van der Waals surface area (Å²) in [6, 6.07) is 14.5. The number of furan rings is 1. The molecule has 0 aliphatic carbocycles. The zero-order valence-corrected chi connectivity index (χ0v) is 19.0. The SMILES string of the molecule is O=C(Cn1c(=O)n(Cc2ccc3c(c2)OCO3)c(=O)c2oc3ccccc3c21)Nc1ccc(F)cc1F. The molecule has 0 saturated carbocycles. The topological polar surface area (TPSA) is 105 Å². The van der Waals surface area contributed by atoms with E-state index in [9.17, 15) is 23.2 Å². The summed E-state index contributed by atoms with van der Waals surface area (Å²) in [6.45, 7) is -0.618. The van der Waals surface area contributed by atoms with Gasteiger partial charge in [0, 0.05) is 11.5 Å². The molecule has 11 heteroatoms. The van der Waals surface area contributed by atoms with Crippen molar-refractivity contribution in [2.45, 2.75) is 13.1 Å². The second-order valence-electron chi connectivity index (χ2n) is 8.40. The fourth-order valence-corrected chi connectivity index (χ4v) is 4.33. The van der Waals surface area contributed by atoms with E-state index in [1.165, 1.54) is 0 Å². The molecule has 37 heavy (non-hydrogen) atoms. The molecule has 0 unspecified atom stereocenters. The highest BCUT2D eigenvalue weighted by molar-refractivity contribution is 6.03. The molecule has 0 spiro atoms. The first kappa shape index (κ1) is 22.5. The predicted molar refractivity (Wildman–Crippen MR) is 129 cm³/mol. The van der Waals surface area contributed by atoms with Crippen molar-refractivity contribution in [2.24, 2.45) is 0 Å². The first-order valence-electron chi connectivity index (χ1n) is 11.2. The molecule has 1 aliphatic rings. The van der Waals surface area contributed by atoms with Crippen molar-refractivity contribution in [2.75, 3.05) is 12.1 Å². The zero-order chi connectivity index (χ0) is 25.7. The van der Waals surface area contributed by atoms with Crippen LogP contribution in [0.5, 0.6) is 11.5 Å². The summed E-state index contributed by atoms with van der Waals surface area (Å²) < 4.78 is 45.9. The lowest BCUT2D eigenvalue weighted by atomic mass is 10.2. The largest absolute Gasteiger partial charge is 0.454 e. The molecule has 9 nitrogen and oxygen atoms in total. The van der Waals surface area contributed by atoms with Gasteiger partial charge in [-0.3, -0.25) is 18.7 Å². The second-order valence-corrected chi connectivity index (χ2v) is 8.40. The number of carbonyl (C=O) groups excluding carboxylic acids is 1. The first-order chi connectivity index (χ1) is 17.9. The molecule has 0 radical (unpaired) electrons. The lowest BCUT2D eigenvalue weighted by molar-refractivity contribution is -0.116. The average molecular weight is 505 g/mol. The molecule has 2 aromatic heterocycles. The van der Waals surface area contributed by atoms with E-state index in [1.54, 1.807) is 42.5 Å². The molecular formula is C26H17F2N3O6. The number of fused-ring (bicyclic) bond motifs is 4. The summed E-state index contributed by atoms with van der Waals surface area (Å²) in [5.74, 6) is -1.49. The second kappa shape index (κ2) is 8.63. The molecule has 1 N–H and O–H groups in total. The number of nitrogens with zero attached hydrogens (tertiary/aromatic N) is 2. The lowest BCUT2D eigenvalue weighted by Crippen LogP contribution is -2.41. The van der Waals surface area contributed by atoms with Gasteiger partial charge < -0.3 is 19.2 Å². The highest BCUT2D eigenvalue weighted by Crippen LogP contribution is 2.32. The van der Waals surface area contributed by atoms with Crippen molar-refractivity contribution in [3.05, 3.63) is 98.7 Å². The number of amides is 1. The van der Waals surface area contributed by atoms with Crippen LogP contribution in [0.15, 0.2) is 74.7 Å². The summed E-state index contributed by atoms with van der Waals surface area (Å²) in [5, 5.41) is 2.80. The van der Waals surface area contributed by atoms with Gasteiger partial charge in [-0.2, -0.15) is 0 Å². The van der Waals surface area contributed by atoms with Crippen LogP contribution in [0.3, 0.4) is 0 Å². The number of anilines is 1. The van der Waals surface area contributed by atoms with Gasteiger partial charge in [-0.15, -0.1) is 0 Å². The Morgan fingerprint density at radius 1 is 0.946 bits per heavy atom. The molecule has 0 bridgehead atoms. The van der Waals surface area contributed by atoms with Crippen LogP contribution in [0.25, 0.3) is 22.1 Å². The van der Waals surface area contributed by atoms with Crippen LogP contribution in [0, 0.1) is 11.6 Å². The molecule has 0 fully saturated rings. The number of ether oxygens (including phenoxy) is 2. The number of nitrogens with one attached hydrogen (secondary N) is 1. The molecule has 186 valence electrons. The van der Waals surface area contributed by atoms with Crippen molar-refractivity contribution < 1.29 is 27.5 Å².